The number of amides is 1. The van der Waals surface area contributed by atoms with Crippen LogP contribution >= 0.6 is 0 Å². The number of rotatable bonds is 3. The summed E-state index contributed by atoms with van der Waals surface area (Å²) in [5.41, 5.74) is 5.90. The second-order valence-electron chi connectivity index (χ2n) is 7.97. The molecule has 0 unspecified atom stereocenters. The van der Waals surface area contributed by atoms with Crippen molar-refractivity contribution < 1.29 is 4.79 Å². The lowest BCUT2D eigenvalue weighted by molar-refractivity contribution is -0.131. The van der Waals surface area contributed by atoms with Crippen molar-refractivity contribution in [3.63, 3.8) is 0 Å². The zero-order valence-corrected chi connectivity index (χ0v) is 14.1. The zero-order chi connectivity index (χ0) is 15.5. The third-order valence-electron chi connectivity index (χ3n) is 5.49. The van der Waals surface area contributed by atoms with Gasteiger partial charge in [0, 0.05) is 32.7 Å². The van der Waals surface area contributed by atoms with Crippen molar-refractivity contribution in [1.82, 2.24) is 9.80 Å². The van der Waals surface area contributed by atoms with Gasteiger partial charge in [0.05, 0.1) is 6.54 Å². The number of hydrogen-bond donors (Lipinski definition) is 1. The third-order valence-corrected chi connectivity index (χ3v) is 5.49. The van der Waals surface area contributed by atoms with Crippen LogP contribution in [-0.2, 0) is 4.79 Å². The van der Waals surface area contributed by atoms with Gasteiger partial charge in [0.2, 0.25) is 5.91 Å². The molecule has 0 atom stereocenters. The molecule has 4 nitrogen and oxygen atoms in total. The Morgan fingerprint density at radius 3 is 2.10 bits per heavy atom. The molecule has 4 heteroatoms. The molecule has 1 saturated heterocycles. The smallest absolute Gasteiger partial charge is 0.236 e. The van der Waals surface area contributed by atoms with Crippen molar-refractivity contribution in [3.8, 4) is 0 Å². The molecule has 0 radical (unpaired) electrons. The zero-order valence-electron chi connectivity index (χ0n) is 14.1. The van der Waals surface area contributed by atoms with Crippen LogP contribution in [0.2, 0.25) is 0 Å². The third kappa shape index (κ3) is 4.68. The molecule has 2 N–H and O–H groups in total. The summed E-state index contributed by atoms with van der Waals surface area (Å²) in [7, 11) is 0. The Morgan fingerprint density at radius 1 is 1.05 bits per heavy atom. The van der Waals surface area contributed by atoms with Gasteiger partial charge in [-0.1, -0.05) is 20.8 Å². The van der Waals surface area contributed by atoms with E-state index in [4.69, 9.17) is 5.73 Å². The molecule has 1 amide bonds. The quantitative estimate of drug-likeness (QED) is 0.865. The standard InChI is InChI=1S/C17H33N3O/c1-17(2,3)15-6-4-14(5-7-15)13-19-8-10-20(11-9-19)16(21)12-18/h14-15H,4-13,18H2,1-3H3. The van der Waals surface area contributed by atoms with Gasteiger partial charge >= 0.3 is 0 Å². The van der Waals surface area contributed by atoms with Gasteiger partial charge in [0.15, 0.2) is 0 Å². The van der Waals surface area contributed by atoms with Crippen LogP contribution in [0.25, 0.3) is 0 Å². The fourth-order valence-corrected chi connectivity index (χ4v) is 3.89. The molecule has 0 aromatic rings. The SMILES string of the molecule is CC(C)(C)C1CCC(CN2CCN(C(=O)CN)CC2)CC1. The Kier molecular flexibility index (Phi) is 5.67. The monoisotopic (exact) mass is 295 g/mol. The van der Waals surface area contributed by atoms with Gasteiger partial charge in [-0.05, 0) is 42.9 Å². The van der Waals surface area contributed by atoms with Gasteiger partial charge < -0.3 is 10.6 Å². The molecule has 1 saturated carbocycles. The number of carbonyl (C=O) groups is 1. The van der Waals surface area contributed by atoms with E-state index in [1.807, 2.05) is 4.90 Å². The summed E-state index contributed by atoms with van der Waals surface area (Å²) in [5, 5.41) is 0. The van der Waals surface area contributed by atoms with E-state index in [1.54, 1.807) is 0 Å². The molecular formula is C17H33N3O. The van der Waals surface area contributed by atoms with Gasteiger partial charge in [-0.15, -0.1) is 0 Å². The summed E-state index contributed by atoms with van der Waals surface area (Å²) in [5.74, 6) is 1.86. The molecular weight excluding hydrogens is 262 g/mol. The molecule has 0 bridgehead atoms. The second kappa shape index (κ2) is 7.10. The van der Waals surface area contributed by atoms with E-state index in [-0.39, 0.29) is 12.5 Å². The average Bonchev–Trinajstić information content (AvgIpc) is 2.47. The number of piperazine rings is 1. The highest BCUT2D eigenvalue weighted by Gasteiger charge is 2.31. The number of nitrogens with two attached hydrogens (primary N) is 1. The molecule has 0 spiro atoms. The minimum atomic E-state index is 0.0975. The minimum absolute atomic E-state index is 0.0975. The molecule has 1 aliphatic carbocycles. The summed E-state index contributed by atoms with van der Waals surface area (Å²) in [4.78, 5) is 16.0. The summed E-state index contributed by atoms with van der Waals surface area (Å²) in [6.07, 6.45) is 5.54. The molecule has 0 aromatic carbocycles. The fraction of sp³-hybridized carbons (Fsp3) is 0.941. The van der Waals surface area contributed by atoms with Gasteiger partial charge in [0.25, 0.3) is 0 Å². The Hall–Kier alpha value is -0.610. The fourth-order valence-electron chi connectivity index (χ4n) is 3.89. The summed E-state index contributed by atoms with van der Waals surface area (Å²) in [6, 6.07) is 0. The first kappa shape index (κ1) is 16.8. The maximum Gasteiger partial charge on any atom is 0.236 e. The molecule has 21 heavy (non-hydrogen) atoms. The van der Waals surface area contributed by atoms with Gasteiger partial charge in [0.1, 0.15) is 0 Å². The Bertz CT molecular complexity index is 334. The van der Waals surface area contributed by atoms with Crippen molar-refractivity contribution in [2.45, 2.75) is 46.5 Å². The first-order chi connectivity index (χ1) is 9.90. The van der Waals surface area contributed by atoms with E-state index in [2.05, 4.69) is 25.7 Å². The summed E-state index contributed by atoms with van der Waals surface area (Å²) >= 11 is 0. The summed E-state index contributed by atoms with van der Waals surface area (Å²) < 4.78 is 0. The number of hydrogen-bond acceptors (Lipinski definition) is 3. The lowest BCUT2D eigenvalue weighted by atomic mass is 9.70. The highest BCUT2D eigenvalue weighted by molar-refractivity contribution is 5.78. The van der Waals surface area contributed by atoms with Crippen molar-refractivity contribution in [2.24, 2.45) is 23.0 Å². The maximum atomic E-state index is 11.6. The number of carbonyl (C=O) groups excluding carboxylic acids is 1. The van der Waals surface area contributed by atoms with Crippen LogP contribution in [0, 0.1) is 17.3 Å². The van der Waals surface area contributed by atoms with Crippen molar-refractivity contribution in [2.75, 3.05) is 39.3 Å². The van der Waals surface area contributed by atoms with Gasteiger partial charge in [-0.25, -0.2) is 0 Å². The lowest BCUT2D eigenvalue weighted by Crippen LogP contribution is -2.51. The van der Waals surface area contributed by atoms with E-state index >= 15 is 0 Å². The normalized spacial score (nSPS) is 28.7. The molecule has 2 rings (SSSR count). The van der Waals surface area contributed by atoms with Crippen molar-refractivity contribution >= 4 is 5.91 Å². The predicted octanol–water partition coefficient (Wildman–Crippen LogP) is 1.94. The van der Waals surface area contributed by atoms with Crippen molar-refractivity contribution in [1.29, 1.82) is 0 Å². The molecule has 122 valence electrons. The topological polar surface area (TPSA) is 49.6 Å². The highest BCUT2D eigenvalue weighted by atomic mass is 16.2. The second-order valence-corrected chi connectivity index (χ2v) is 7.97. The van der Waals surface area contributed by atoms with E-state index in [1.165, 1.54) is 32.2 Å². The molecule has 0 aromatic heterocycles. The minimum Gasteiger partial charge on any atom is -0.339 e. The van der Waals surface area contributed by atoms with Crippen LogP contribution in [0.5, 0.6) is 0 Å². The van der Waals surface area contributed by atoms with E-state index in [0.717, 1.165) is 38.0 Å². The first-order valence-electron chi connectivity index (χ1n) is 8.60. The summed E-state index contributed by atoms with van der Waals surface area (Å²) in [6.45, 7) is 12.3. The van der Waals surface area contributed by atoms with Crippen LogP contribution in [0.4, 0.5) is 0 Å². The Morgan fingerprint density at radius 2 is 1.62 bits per heavy atom. The van der Waals surface area contributed by atoms with E-state index in [9.17, 15) is 4.79 Å². The highest BCUT2D eigenvalue weighted by Crippen LogP contribution is 2.39. The van der Waals surface area contributed by atoms with Crippen LogP contribution in [0.1, 0.15) is 46.5 Å². The van der Waals surface area contributed by atoms with Gasteiger partial charge in [-0.3, -0.25) is 9.69 Å². The average molecular weight is 295 g/mol. The Balaban J connectivity index is 1.70. The van der Waals surface area contributed by atoms with Crippen LogP contribution in [-0.4, -0.2) is 55.0 Å². The molecule has 1 aliphatic heterocycles. The van der Waals surface area contributed by atoms with Crippen molar-refractivity contribution in [3.05, 3.63) is 0 Å². The lowest BCUT2D eigenvalue weighted by Gasteiger charge is -2.40. The molecule has 2 aliphatic rings. The van der Waals surface area contributed by atoms with Crippen LogP contribution in [0.3, 0.4) is 0 Å². The number of nitrogens with zero attached hydrogens (tertiary/aromatic N) is 2. The largest absolute Gasteiger partial charge is 0.339 e. The molecule has 2 fully saturated rings. The van der Waals surface area contributed by atoms with E-state index < -0.39 is 0 Å². The van der Waals surface area contributed by atoms with Crippen LogP contribution < -0.4 is 5.73 Å². The maximum absolute atomic E-state index is 11.6. The first-order valence-corrected chi connectivity index (χ1v) is 8.60. The van der Waals surface area contributed by atoms with Gasteiger partial charge in [-0.2, -0.15) is 0 Å². The molecule has 1 heterocycles. The predicted molar refractivity (Wildman–Crippen MR) is 87.0 cm³/mol. The Labute approximate surface area is 130 Å². The van der Waals surface area contributed by atoms with Crippen LogP contribution in [0.15, 0.2) is 0 Å². The van der Waals surface area contributed by atoms with E-state index in [0.29, 0.717) is 5.41 Å².